The van der Waals surface area contributed by atoms with E-state index in [2.05, 4.69) is 17.3 Å². The standard InChI is InChI=1S/C7H13N3.ClH/c1-3-10-5-4-7(9-10)6-8-2;/h4-5,8H,3,6H2,1-2H3;1H. The van der Waals surface area contributed by atoms with Crippen LogP contribution >= 0.6 is 12.4 Å². The summed E-state index contributed by atoms with van der Waals surface area (Å²) in [5, 5.41) is 7.32. The molecule has 0 unspecified atom stereocenters. The third kappa shape index (κ3) is 2.91. The van der Waals surface area contributed by atoms with E-state index in [4.69, 9.17) is 0 Å². The molecular weight excluding hydrogens is 162 g/mol. The van der Waals surface area contributed by atoms with Crippen LogP contribution in [-0.4, -0.2) is 16.8 Å². The van der Waals surface area contributed by atoms with E-state index in [1.165, 1.54) is 0 Å². The molecule has 0 spiro atoms. The van der Waals surface area contributed by atoms with Crippen molar-refractivity contribution in [3.63, 3.8) is 0 Å². The van der Waals surface area contributed by atoms with Gasteiger partial charge in [0.15, 0.2) is 0 Å². The number of aryl methyl sites for hydroxylation is 1. The molecule has 64 valence electrons. The molecular formula is C7H14ClN3. The summed E-state index contributed by atoms with van der Waals surface area (Å²) in [6, 6.07) is 2.03. The maximum absolute atomic E-state index is 4.27. The minimum Gasteiger partial charge on any atom is -0.314 e. The molecule has 1 aromatic rings. The molecule has 0 saturated carbocycles. The molecule has 3 nitrogen and oxygen atoms in total. The number of aromatic nitrogens is 2. The lowest BCUT2D eigenvalue weighted by atomic mass is 10.4. The number of halogens is 1. The minimum absolute atomic E-state index is 0. The minimum atomic E-state index is 0. The van der Waals surface area contributed by atoms with E-state index >= 15 is 0 Å². The van der Waals surface area contributed by atoms with Crippen molar-refractivity contribution < 1.29 is 0 Å². The molecule has 0 aromatic carbocycles. The lowest BCUT2D eigenvalue weighted by Gasteiger charge is -1.93. The Labute approximate surface area is 73.2 Å². The molecule has 0 aliphatic rings. The van der Waals surface area contributed by atoms with Crippen LogP contribution in [0, 0.1) is 0 Å². The number of hydrogen-bond acceptors (Lipinski definition) is 2. The van der Waals surface area contributed by atoms with Crippen LogP contribution in [0.2, 0.25) is 0 Å². The number of nitrogens with zero attached hydrogens (tertiary/aromatic N) is 2. The van der Waals surface area contributed by atoms with Gasteiger partial charge in [0.1, 0.15) is 0 Å². The molecule has 0 atom stereocenters. The van der Waals surface area contributed by atoms with Crippen LogP contribution in [0.3, 0.4) is 0 Å². The fourth-order valence-corrected chi connectivity index (χ4v) is 0.855. The van der Waals surface area contributed by atoms with E-state index in [-0.39, 0.29) is 12.4 Å². The smallest absolute Gasteiger partial charge is 0.0762 e. The Kier molecular flexibility index (Phi) is 4.90. The molecule has 0 fully saturated rings. The van der Waals surface area contributed by atoms with E-state index in [0.717, 1.165) is 18.8 Å². The van der Waals surface area contributed by atoms with Crippen LogP contribution in [0.1, 0.15) is 12.6 Å². The van der Waals surface area contributed by atoms with Crippen LogP contribution in [0.25, 0.3) is 0 Å². The van der Waals surface area contributed by atoms with Crippen molar-refractivity contribution in [3.8, 4) is 0 Å². The Morgan fingerprint density at radius 1 is 1.64 bits per heavy atom. The highest BCUT2D eigenvalue weighted by Crippen LogP contribution is 1.93. The maximum atomic E-state index is 4.27. The van der Waals surface area contributed by atoms with Crippen LogP contribution in [-0.2, 0) is 13.1 Å². The van der Waals surface area contributed by atoms with Crippen LogP contribution in [0.4, 0.5) is 0 Å². The number of rotatable bonds is 3. The van der Waals surface area contributed by atoms with Crippen molar-refractivity contribution in [2.24, 2.45) is 0 Å². The first-order valence-electron chi connectivity index (χ1n) is 3.53. The Morgan fingerprint density at radius 2 is 2.36 bits per heavy atom. The van der Waals surface area contributed by atoms with Gasteiger partial charge >= 0.3 is 0 Å². The molecule has 1 rings (SSSR count). The summed E-state index contributed by atoms with van der Waals surface area (Å²) < 4.78 is 1.92. The topological polar surface area (TPSA) is 29.9 Å². The van der Waals surface area contributed by atoms with Crippen molar-refractivity contribution in [2.75, 3.05) is 7.05 Å². The summed E-state index contributed by atoms with van der Waals surface area (Å²) in [7, 11) is 1.92. The van der Waals surface area contributed by atoms with Gasteiger partial charge in [0.05, 0.1) is 5.69 Å². The van der Waals surface area contributed by atoms with Crippen LogP contribution < -0.4 is 5.32 Å². The third-order valence-corrected chi connectivity index (χ3v) is 1.38. The lowest BCUT2D eigenvalue weighted by Crippen LogP contribution is -2.06. The first kappa shape index (κ1) is 10.5. The average molecular weight is 176 g/mol. The molecule has 1 N–H and O–H groups in total. The monoisotopic (exact) mass is 175 g/mol. The van der Waals surface area contributed by atoms with Crippen LogP contribution in [0.5, 0.6) is 0 Å². The predicted molar refractivity (Wildman–Crippen MR) is 47.9 cm³/mol. The first-order valence-corrected chi connectivity index (χ1v) is 3.53. The Balaban J connectivity index is 0.000001000. The predicted octanol–water partition coefficient (Wildman–Crippen LogP) is 1.04. The van der Waals surface area contributed by atoms with Gasteiger partial charge in [-0.05, 0) is 20.0 Å². The fourth-order valence-electron chi connectivity index (χ4n) is 0.855. The number of hydrogen-bond donors (Lipinski definition) is 1. The van der Waals surface area contributed by atoms with Crippen molar-refractivity contribution in [3.05, 3.63) is 18.0 Å². The molecule has 4 heteroatoms. The zero-order valence-electron chi connectivity index (χ0n) is 6.87. The number of nitrogens with one attached hydrogen (secondary N) is 1. The van der Waals surface area contributed by atoms with Gasteiger partial charge in [-0.1, -0.05) is 0 Å². The van der Waals surface area contributed by atoms with E-state index in [1.54, 1.807) is 0 Å². The largest absolute Gasteiger partial charge is 0.314 e. The van der Waals surface area contributed by atoms with Crippen molar-refractivity contribution >= 4 is 12.4 Å². The van der Waals surface area contributed by atoms with Gasteiger partial charge in [-0.25, -0.2) is 0 Å². The normalized spacial score (nSPS) is 9.27. The fraction of sp³-hybridized carbons (Fsp3) is 0.571. The second-order valence-corrected chi connectivity index (χ2v) is 2.19. The second-order valence-electron chi connectivity index (χ2n) is 2.19. The molecule has 0 saturated heterocycles. The highest BCUT2D eigenvalue weighted by Gasteiger charge is 1.93. The van der Waals surface area contributed by atoms with Crippen molar-refractivity contribution in [2.45, 2.75) is 20.0 Å². The summed E-state index contributed by atoms with van der Waals surface area (Å²) in [6.07, 6.45) is 1.99. The molecule has 1 heterocycles. The zero-order chi connectivity index (χ0) is 7.40. The van der Waals surface area contributed by atoms with Gasteiger partial charge in [0.2, 0.25) is 0 Å². The summed E-state index contributed by atoms with van der Waals surface area (Å²) in [6.45, 7) is 3.88. The molecule has 0 aliphatic carbocycles. The first-order chi connectivity index (χ1) is 4.86. The zero-order valence-corrected chi connectivity index (χ0v) is 7.69. The van der Waals surface area contributed by atoms with Gasteiger partial charge in [-0.3, -0.25) is 4.68 Å². The highest BCUT2D eigenvalue weighted by molar-refractivity contribution is 5.85. The van der Waals surface area contributed by atoms with Gasteiger partial charge in [-0.15, -0.1) is 12.4 Å². The van der Waals surface area contributed by atoms with Gasteiger partial charge in [0.25, 0.3) is 0 Å². The molecule has 0 amide bonds. The summed E-state index contributed by atoms with van der Waals surface area (Å²) in [5.41, 5.74) is 1.10. The summed E-state index contributed by atoms with van der Waals surface area (Å²) in [5.74, 6) is 0. The van der Waals surface area contributed by atoms with Gasteiger partial charge < -0.3 is 5.32 Å². The summed E-state index contributed by atoms with van der Waals surface area (Å²) >= 11 is 0. The Morgan fingerprint density at radius 3 is 2.82 bits per heavy atom. The average Bonchev–Trinajstić information content (AvgIpc) is 2.37. The third-order valence-electron chi connectivity index (χ3n) is 1.38. The van der Waals surface area contributed by atoms with E-state index in [0.29, 0.717) is 0 Å². The Bertz CT molecular complexity index is 197. The molecule has 11 heavy (non-hydrogen) atoms. The quantitative estimate of drug-likeness (QED) is 0.744. The highest BCUT2D eigenvalue weighted by atomic mass is 35.5. The molecule has 1 aromatic heterocycles. The van der Waals surface area contributed by atoms with Gasteiger partial charge in [-0.2, -0.15) is 5.10 Å². The summed E-state index contributed by atoms with van der Waals surface area (Å²) in [4.78, 5) is 0. The van der Waals surface area contributed by atoms with E-state index in [1.807, 2.05) is 24.0 Å². The SMILES string of the molecule is CCn1ccc(CNC)n1.Cl. The molecule has 0 radical (unpaired) electrons. The molecule has 0 aliphatic heterocycles. The molecule has 0 bridgehead atoms. The van der Waals surface area contributed by atoms with E-state index in [9.17, 15) is 0 Å². The second kappa shape index (κ2) is 5.16. The van der Waals surface area contributed by atoms with Gasteiger partial charge in [0, 0.05) is 19.3 Å². The van der Waals surface area contributed by atoms with Crippen molar-refractivity contribution in [1.82, 2.24) is 15.1 Å². The van der Waals surface area contributed by atoms with Crippen molar-refractivity contribution in [1.29, 1.82) is 0 Å². The Hall–Kier alpha value is -0.540. The maximum Gasteiger partial charge on any atom is 0.0762 e. The lowest BCUT2D eigenvalue weighted by molar-refractivity contribution is 0.637. The van der Waals surface area contributed by atoms with E-state index < -0.39 is 0 Å². The van der Waals surface area contributed by atoms with Crippen LogP contribution in [0.15, 0.2) is 12.3 Å².